The second kappa shape index (κ2) is 7.42. The van der Waals surface area contributed by atoms with E-state index in [9.17, 15) is 9.18 Å². The van der Waals surface area contributed by atoms with Crippen molar-refractivity contribution in [2.24, 2.45) is 5.16 Å². The van der Waals surface area contributed by atoms with Crippen molar-refractivity contribution in [3.05, 3.63) is 69.5 Å². The lowest BCUT2D eigenvalue weighted by Gasteiger charge is -2.20. The predicted molar refractivity (Wildman–Crippen MR) is 95.8 cm³/mol. The molecule has 1 atom stereocenters. The number of likely N-dealkylation sites (N-methyl/N-ethyl adjacent to an activating group) is 1. The molecule has 1 aliphatic rings. The zero-order valence-corrected chi connectivity index (χ0v) is 14.9. The van der Waals surface area contributed by atoms with Gasteiger partial charge in [-0.15, -0.1) is 0 Å². The molecule has 4 nitrogen and oxygen atoms in total. The maximum absolute atomic E-state index is 13.3. The molecule has 0 N–H and O–H groups in total. The molecule has 2 aromatic carbocycles. The highest BCUT2D eigenvalue weighted by atomic mass is 35.5. The van der Waals surface area contributed by atoms with E-state index in [-0.39, 0.29) is 12.0 Å². The maximum Gasteiger partial charge on any atom is 0.253 e. The van der Waals surface area contributed by atoms with Crippen molar-refractivity contribution in [1.82, 2.24) is 4.90 Å². The number of hydrogen-bond acceptors (Lipinski definition) is 3. The van der Waals surface area contributed by atoms with Crippen LogP contribution in [0.4, 0.5) is 4.39 Å². The third-order valence-electron chi connectivity index (χ3n) is 3.88. The first-order valence-corrected chi connectivity index (χ1v) is 8.39. The van der Waals surface area contributed by atoms with Crippen molar-refractivity contribution in [2.45, 2.75) is 12.5 Å². The van der Waals surface area contributed by atoms with Crippen LogP contribution < -0.4 is 0 Å². The van der Waals surface area contributed by atoms with Gasteiger partial charge in [0, 0.05) is 24.6 Å². The number of rotatable bonds is 4. The molecule has 0 saturated carbocycles. The Kier molecular flexibility index (Phi) is 5.25. The molecule has 1 amide bonds. The van der Waals surface area contributed by atoms with Gasteiger partial charge in [0.15, 0.2) is 6.10 Å². The molecule has 0 fully saturated rings. The number of oxime groups is 1. The lowest BCUT2D eigenvalue weighted by Crippen LogP contribution is -2.34. The Bertz CT molecular complexity index is 842. The zero-order valence-electron chi connectivity index (χ0n) is 13.4. The van der Waals surface area contributed by atoms with E-state index in [1.54, 1.807) is 25.2 Å². The van der Waals surface area contributed by atoms with Crippen LogP contribution in [-0.2, 0) is 4.84 Å². The van der Waals surface area contributed by atoms with Crippen LogP contribution in [-0.4, -0.2) is 36.2 Å². The lowest BCUT2D eigenvalue weighted by molar-refractivity contribution is 0.0482. The maximum atomic E-state index is 13.3. The third-order valence-corrected chi connectivity index (χ3v) is 4.62. The first-order valence-electron chi connectivity index (χ1n) is 7.63. The van der Waals surface area contributed by atoms with Crippen molar-refractivity contribution in [2.75, 3.05) is 13.6 Å². The molecule has 0 bridgehead atoms. The minimum atomic E-state index is -0.443. The van der Waals surface area contributed by atoms with E-state index in [0.717, 1.165) is 11.3 Å². The van der Waals surface area contributed by atoms with Gasteiger partial charge in [-0.2, -0.15) is 0 Å². The molecule has 0 radical (unpaired) electrons. The number of carbonyl (C=O) groups excluding carboxylic acids is 1. The van der Waals surface area contributed by atoms with Crippen LogP contribution in [0.2, 0.25) is 10.0 Å². The van der Waals surface area contributed by atoms with Crippen LogP contribution in [0.1, 0.15) is 22.3 Å². The van der Waals surface area contributed by atoms with Crippen LogP contribution in [0.5, 0.6) is 0 Å². The van der Waals surface area contributed by atoms with Crippen LogP contribution in [0.25, 0.3) is 0 Å². The Labute approximate surface area is 154 Å². The quantitative estimate of drug-likeness (QED) is 0.788. The molecule has 25 heavy (non-hydrogen) atoms. The Morgan fingerprint density at radius 2 is 2.08 bits per heavy atom. The van der Waals surface area contributed by atoms with Gasteiger partial charge in [-0.05, 0) is 30.3 Å². The average Bonchev–Trinajstić information content (AvgIpc) is 3.05. The summed E-state index contributed by atoms with van der Waals surface area (Å²) in [6.07, 6.45) is 0.269. The van der Waals surface area contributed by atoms with Crippen LogP contribution in [0.3, 0.4) is 0 Å². The van der Waals surface area contributed by atoms with Crippen molar-refractivity contribution >= 4 is 34.8 Å². The smallest absolute Gasteiger partial charge is 0.253 e. The Balaban J connectivity index is 1.62. The van der Waals surface area contributed by atoms with E-state index >= 15 is 0 Å². The summed E-state index contributed by atoms with van der Waals surface area (Å²) in [7, 11) is 1.65. The molecule has 0 saturated heterocycles. The highest BCUT2D eigenvalue weighted by Gasteiger charge is 2.26. The summed E-state index contributed by atoms with van der Waals surface area (Å²) in [6, 6.07) is 10.9. The fraction of sp³-hybridized carbons (Fsp3) is 0.222. The van der Waals surface area contributed by atoms with Crippen LogP contribution in [0.15, 0.2) is 47.6 Å². The van der Waals surface area contributed by atoms with Gasteiger partial charge in [-0.1, -0.05) is 40.5 Å². The van der Waals surface area contributed by atoms with E-state index in [0.29, 0.717) is 28.6 Å². The van der Waals surface area contributed by atoms with Gasteiger partial charge >= 0.3 is 0 Å². The monoisotopic (exact) mass is 380 g/mol. The third kappa shape index (κ3) is 4.11. The summed E-state index contributed by atoms with van der Waals surface area (Å²) in [5.74, 6) is -0.715. The number of nitrogens with zero attached hydrogens (tertiary/aromatic N) is 2. The topological polar surface area (TPSA) is 41.9 Å². The number of carbonyl (C=O) groups is 1. The number of halogens is 3. The standard InChI is InChI=1S/C18H15Cl2FN2O2/c1-23(18(24)12-3-2-4-13(21)7-12)10-14-9-17(22-25-14)11-5-6-15(19)16(20)8-11/h2-8,14H,9-10H2,1H3. The van der Waals surface area contributed by atoms with Gasteiger partial charge in [0.05, 0.1) is 22.3 Å². The van der Waals surface area contributed by atoms with Crippen molar-refractivity contribution in [1.29, 1.82) is 0 Å². The zero-order chi connectivity index (χ0) is 18.0. The van der Waals surface area contributed by atoms with Gasteiger partial charge in [-0.25, -0.2) is 4.39 Å². The first-order chi connectivity index (χ1) is 11.9. The van der Waals surface area contributed by atoms with E-state index in [2.05, 4.69) is 5.16 Å². The van der Waals surface area contributed by atoms with E-state index in [1.807, 2.05) is 6.07 Å². The molecule has 130 valence electrons. The van der Waals surface area contributed by atoms with E-state index < -0.39 is 5.82 Å². The summed E-state index contributed by atoms with van der Waals surface area (Å²) in [4.78, 5) is 19.3. The second-order valence-electron chi connectivity index (χ2n) is 5.79. The van der Waals surface area contributed by atoms with Gasteiger partial charge in [0.25, 0.3) is 5.91 Å². The minimum Gasteiger partial charge on any atom is -0.390 e. The fourth-order valence-electron chi connectivity index (χ4n) is 2.60. The van der Waals surface area contributed by atoms with E-state index in [1.165, 1.54) is 23.1 Å². The Morgan fingerprint density at radius 1 is 1.28 bits per heavy atom. The number of benzene rings is 2. The average molecular weight is 381 g/mol. The first kappa shape index (κ1) is 17.7. The highest BCUT2D eigenvalue weighted by Crippen LogP contribution is 2.25. The predicted octanol–water partition coefficient (Wildman–Crippen LogP) is 4.40. The number of hydrogen-bond donors (Lipinski definition) is 0. The Hall–Kier alpha value is -2.11. The summed E-state index contributed by atoms with van der Waals surface area (Å²) in [5, 5.41) is 5.00. The van der Waals surface area contributed by atoms with E-state index in [4.69, 9.17) is 28.0 Å². The molecule has 0 aromatic heterocycles. The summed E-state index contributed by atoms with van der Waals surface area (Å²) < 4.78 is 13.3. The minimum absolute atomic E-state index is 0.271. The molecule has 0 aliphatic carbocycles. The van der Waals surface area contributed by atoms with Crippen LogP contribution in [0, 0.1) is 5.82 Å². The van der Waals surface area contributed by atoms with Gasteiger partial charge in [0.1, 0.15) is 5.82 Å². The molecule has 2 aromatic rings. The molecule has 7 heteroatoms. The SMILES string of the molecule is CN(CC1CC(c2ccc(Cl)c(Cl)c2)=NO1)C(=O)c1cccc(F)c1. The molecule has 1 heterocycles. The summed E-state index contributed by atoms with van der Waals surface area (Å²) >= 11 is 11.9. The second-order valence-corrected chi connectivity index (χ2v) is 6.61. The molecule has 0 spiro atoms. The molecular weight excluding hydrogens is 366 g/mol. The molecular formula is C18H15Cl2FN2O2. The van der Waals surface area contributed by atoms with Crippen molar-refractivity contribution in [3.8, 4) is 0 Å². The molecule has 1 unspecified atom stereocenters. The lowest BCUT2D eigenvalue weighted by atomic mass is 10.0. The summed E-state index contributed by atoms with van der Waals surface area (Å²) in [5.41, 5.74) is 1.87. The van der Waals surface area contributed by atoms with Gasteiger partial charge in [0.2, 0.25) is 0 Å². The summed E-state index contributed by atoms with van der Waals surface area (Å²) in [6.45, 7) is 0.337. The van der Waals surface area contributed by atoms with Crippen LogP contribution >= 0.6 is 23.2 Å². The normalized spacial score (nSPS) is 16.3. The fourth-order valence-corrected chi connectivity index (χ4v) is 2.90. The van der Waals surface area contributed by atoms with Gasteiger partial charge in [-0.3, -0.25) is 4.79 Å². The van der Waals surface area contributed by atoms with Crippen molar-refractivity contribution in [3.63, 3.8) is 0 Å². The Morgan fingerprint density at radius 3 is 2.80 bits per heavy atom. The van der Waals surface area contributed by atoms with Crippen molar-refractivity contribution < 1.29 is 14.0 Å². The number of amides is 1. The molecule has 1 aliphatic heterocycles. The largest absolute Gasteiger partial charge is 0.390 e. The molecule has 3 rings (SSSR count). The van der Waals surface area contributed by atoms with Gasteiger partial charge < -0.3 is 9.74 Å². The highest BCUT2D eigenvalue weighted by molar-refractivity contribution is 6.42.